The van der Waals surface area contributed by atoms with Crippen LogP contribution < -0.4 is 14.5 Å². The fourth-order valence-electron chi connectivity index (χ4n) is 3.29. The zero-order chi connectivity index (χ0) is 17.5. The van der Waals surface area contributed by atoms with Crippen LogP contribution in [0, 0.1) is 5.92 Å². The SMILES string of the molecule is O=C1/C(=C\c2ccc3c(c2)OCCO3)C(C2CC2)=NN1c1ccccc1. The van der Waals surface area contributed by atoms with E-state index in [1.807, 2.05) is 54.6 Å². The summed E-state index contributed by atoms with van der Waals surface area (Å²) in [5.41, 5.74) is 3.28. The Morgan fingerprint density at radius 3 is 2.54 bits per heavy atom. The molecule has 1 aliphatic carbocycles. The third-order valence-corrected chi connectivity index (χ3v) is 4.75. The number of para-hydroxylation sites is 1. The molecule has 2 heterocycles. The Bertz CT molecular complexity index is 930. The van der Waals surface area contributed by atoms with Crippen molar-refractivity contribution in [3.8, 4) is 11.5 Å². The van der Waals surface area contributed by atoms with E-state index < -0.39 is 0 Å². The topological polar surface area (TPSA) is 51.1 Å². The molecule has 0 saturated heterocycles. The molecule has 0 unspecified atom stereocenters. The van der Waals surface area contributed by atoms with Gasteiger partial charge in [-0.2, -0.15) is 10.1 Å². The molecule has 5 nitrogen and oxygen atoms in total. The third-order valence-electron chi connectivity index (χ3n) is 4.75. The molecule has 130 valence electrons. The van der Waals surface area contributed by atoms with Crippen molar-refractivity contribution >= 4 is 23.4 Å². The second kappa shape index (κ2) is 6.02. The van der Waals surface area contributed by atoms with E-state index in [-0.39, 0.29) is 5.91 Å². The summed E-state index contributed by atoms with van der Waals surface area (Å²) in [6.07, 6.45) is 4.10. The van der Waals surface area contributed by atoms with E-state index in [2.05, 4.69) is 5.10 Å². The minimum absolute atomic E-state index is 0.0759. The first-order chi connectivity index (χ1) is 12.8. The third kappa shape index (κ3) is 2.65. The van der Waals surface area contributed by atoms with Gasteiger partial charge in [-0.05, 0) is 48.7 Å². The summed E-state index contributed by atoms with van der Waals surface area (Å²) in [7, 11) is 0. The number of rotatable bonds is 3. The molecule has 3 aliphatic rings. The lowest BCUT2D eigenvalue weighted by atomic mass is 10.0. The maximum atomic E-state index is 13.0. The van der Waals surface area contributed by atoms with Gasteiger partial charge in [-0.15, -0.1) is 0 Å². The number of carbonyl (C=O) groups is 1. The molecule has 2 aliphatic heterocycles. The van der Waals surface area contributed by atoms with Crippen molar-refractivity contribution in [3.05, 3.63) is 59.7 Å². The number of hydrogen-bond acceptors (Lipinski definition) is 4. The molecule has 0 atom stereocenters. The van der Waals surface area contributed by atoms with E-state index in [0.29, 0.717) is 24.7 Å². The molecule has 2 aromatic rings. The Kier molecular flexibility index (Phi) is 3.52. The van der Waals surface area contributed by atoms with Crippen molar-refractivity contribution in [3.63, 3.8) is 0 Å². The van der Waals surface area contributed by atoms with Gasteiger partial charge in [0.2, 0.25) is 0 Å². The van der Waals surface area contributed by atoms with Crippen LogP contribution in [-0.4, -0.2) is 24.8 Å². The molecule has 0 N–H and O–H groups in total. The predicted molar refractivity (Wildman–Crippen MR) is 99.5 cm³/mol. The number of benzene rings is 2. The van der Waals surface area contributed by atoms with E-state index in [1.54, 1.807) is 0 Å². The molecule has 5 heteroatoms. The van der Waals surface area contributed by atoms with Crippen molar-refractivity contribution in [2.24, 2.45) is 11.0 Å². The molecule has 2 aromatic carbocycles. The summed E-state index contributed by atoms with van der Waals surface area (Å²) in [6.45, 7) is 1.11. The number of fused-ring (bicyclic) bond motifs is 1. The van der Waals surface area contributed by atoms with Crippen molar-refractivity contribution < 1.29 is 14.3 Å². The zero-order valence-electron chi connectivity index (χ0n) is 14.2. The molecule has 1 fully saturated rings. The van der Waals surface area contributed by atoms with Gasteiger partial charge in [0.15, 0.2) is 11.5 Å². The zero-order valence-corrected chi connectivity index (χ0v) is 14.2. The summed E-state index contributed by atoms with van der Waals surface area (Å²) in [5, 5.41) is 6.15. The van der Waals surface area contributed by atoms with Crippen molar-refractivity contribution in [1.29, 1.82) is 0 Å². The number of hydrogen-bond donors (Lipinski definition) is 0. The molecule has 26 heavy (non-hydrogen) atoms. The average Bonchev–Trinajstić information content (AvgIpc) is 3.48. The van der Waals surface area contributed by atoms with Crippen LogP contribution in [-0.2, 0) is 4.79 Å². The van der Waals surface area contributed by atoms with Gasteiger partial charge >= 0.3 is 0 Å². The molecular weight excluding hydrogens is 328 g/mol. The van der Waals surface area contributed by atoms with Crippen LogP contribution in [0.3, 0.4) is 0 Å². The van der Waals surface area contributed by atoms with Gasteiger partial charge in [-0.3, -0.25) is 4.79 Å². The smallest absolute Gasteiger partial charge is 0.280 e. The normalized spacial score (nSPS) is 20.5. The van der Waals surface area contributed by atoms with Crippen molar-refractivity contribution in [1.82, 2.24) is 0 Å². The average molecular weight is 346 g/mol. The second-order valence-electron chi connectivity index (χ2n) is 6.67. The second-order valence-corrected chi connectivity index (χ2v) is 6.67. The number of carbonyl (C=O) groups excluding carboxylic acids is 1. The highest BCUT2D eigenvalue weighted by molar-refractivity contribution is 6.33. The van der Waals surface area contributed by atoms with Gasteiger partial charge in [-0.1, -0.05) is 24.3 Å². The molecule has 1 saturated carbocycles. The van der Waals surface area contributed by atoms with E-state index >= 15 is 0 Å². The van der Waals surface area contributed by atoms with Crippen LogP contribution in [0.15, 0.2) is 59.2 Å². The number of ether oxygens (including phenoxy) is 2. The molecule has 0 spiro atoms. The van der Waals surface area contributed by atoms with E-state index in [1.165, 1.54) is 5.01 Å². The lowest BCUT2D eigenvalue weighted by Gasteiger charge is -2.18. The fraction of sp³-hybridized carbons (Fsp3) is 0.238. The van der Waals surface area contributed by atoms with E-state index in [9.17, 15) is 4.79 Å². The minimum atomic E-state index is -0.0759. The van der Waals surface area contributed by atoms with E-state index in [0.717, 1.165) is 41.3 Å². The van der Waals surface area contributed by atoms with Crippen molar-refractivity contribution in [2.45, 2.75) is 12.8 Å². The molecule has 0 radical (unpaired) electrons. The highest BCUT2D eigenvalue weighted by Crippen LogP contribution is 2.39. The van der Waals surface area contributed by atoms with Crippen LogP contribution in [0.25, 0.3) is 6.08 Å². The molecular formula is C21H18N2O3. The highest BCUT2D eigenvalue weighted by Gasteiger charge is 2.39. The first-order valence-electron chi connectivity index (χ1n) is 8.89. The molecule has 1 amide bonds. The van der Waals surface area contributed by atoms with Gasteiger partial charge in [0, 0.05) is 5.92 Å². The Morgan fingerprint density at radius 2 is 1.77 bits per heavy atom. The van der Waals surface area contributed by atoms with Gasteiger partial charge in [0.1, 0.15) is 13.2 Å². The Morgan fingerprint density at radius 1 is 1.00 bits per heavy atom. The number of nitrogens with zero attached hydrogens (tertiary/aromatic N) is 2. The monoisotopic (exact) mass is 346 g/mol. The number of amides is 1. The van der Waals surface area contributed by atoms with Crippen LogP contribution >= 0.6 is 0 Å². The summed E-state index contributed by atoms with van der Waals surface area (Å²) >= 11 is 0. The lowest BCUT2D eigenvalue weighted by Crippen LogP contribution is -2.21. The maximum absolute atomic E-state index is 13.0. The first-order valence-corrected chi connectivity index (χ1v) is 8.89. The Balaban J connectivity index is 1.52. The summed E-state index contributed by atoms with van der Waals surface area (Å²) < 4.78 is 11.2. The van der Waals surface area contributed by atoms with Gasteiger partial charge in [0.05, 0.1) is 17.0 Å². The molecule has 5 rings (SSSR count). The van der Waals surface area contributed by atoms with Gasteiger partial charge < -0.3 is 9.47 Å². The van der Waals surface area contributed by atoms with Crippen LogP contribution in [0.5, 0.6) is 11.5 Å². The van der Waals surface area contributed by atoms with Crippen LogP contribution in [0.1, 0.15) is 18.4 Å². The maximum Gasteiger partial charge on any atom is 0.280 e. The quantitative estimate of drug-likeness (QED) is 0.797. The van der Waals surface area contributed by atoms with Crippen LogP contribution in [0.2, 0.25) is 0 Å². The number of hydrazone groups is 1. The largest absolute Gasteiger partial charge is 0.486 e. The summed E-state index contributed by atoms with van der Waals surface area (Å²) in [6, 6.07) is 15.3. The summed E-state index contributed by atoms with van der Waals surface area (Å²) in [4.78, 5) is 13.0. The van der Waals surface area contributed by atoms with Gasteiger partial charge in [0.25, 0.3) is 5.91 Å². The standard InChI is InChI=1S/C21H18N2O3/c24-21-17(12-14-6-9-18-19(13-14)26-11-10-25-18)20(15-7-8-15)22-23(21)16-4-2-1-3-5-16/h1-6,9,12-13,15H,7-8,10-11H2/b17-12-. The Labute approximate surface area is 151 Å². The molecule has 0 bridgehead atoms. The predicted octanol–water partition coefficient (Wildman–Crippen LogP) is 3.65. The minimum Gasteiger partial charge on any atom is -0.486 e. The molecule has 0 aromatic heterocycles. The summed E-state index contributed by atoms with van der Waals surface area (Å²) in [5.74, 6) is 1.78. The van der Waals surface area contributed by atoms with Crippen LogP contribution in [0.4, 0.5) is 5.69 Å². The van der Waals surface area contributed by atoms with Crippen molar-refractivity contribution in [2.75, 3.05) is 18.2 Å². The number of anilines is 1. The lowest BCUT2D eigenvalue weighted by molar-refractivity contribution is -0.114. The first kappa shape index (κ1) is 15.2. The van der Waals surface area contributed by atoms with Gasteiger partial charge in [-0.25, -0.2) is 0 Å². The fourth-order valence-corrected chi connectivity index (χ4v) is 3.29. The Hall–Kier alpha value is -3.08. The highest BCUT2D eigenvalue weighted by atomic mass is 16.6. The van der Waals surface area contributed by atoms with E-state index in [4.69, 9.17) is 9.47 Å².